The van der Waals surface area contributed by atoms with Gasteiger partial charge >= 0.3 is 0 Å². The van der Waals surface area contributed by atoms with E-state index in [1.165, 1.54) is 11.1 Å². The van der Waals surface area contributed by atoms with Crippen LogP contribution in [0.2, 0.25) is 0 Å². The van der Waals surface area contributed by atoms with E-state index in [0.29, 0.717) is 0 Å². The van der Waals surface area contributed by atoms with E-state index in [0.717, 1.165) is 22.4 Å². The Kier molecular flexibility index (Phi) is 3.64. The molecular formula is C13H16BrN3. The lowest BCUT2D eigenvalue weighted by molar-refractivity contribution is 0.812. The quantitative estimate of drug-likeness (QED) is 0.943. The molecule has 3 nitrogen and oxygen atoms in total. The number of aromatic nitrogens is 2. The number of benzene rings is 1. The Labute approximate surface area is 110 Å². The van der Waals surface area contributed by atoms with Crippen LogP contribution >= 0.6 is 15.9 Å². The second-order valence-electron chi connectivity index (χ2n) is 4.15. The predicted molar refractivity (Wildman–Crippen MR) is 73.5 cm³/mol. The predicted octanol–water partition coefficient (Wildman–Crippen LogP) is 2.97. The van der Waals surface area contributed by atoms with Crippen LogP contribution in [0, 0.1) is 13.8 Å². The summed E-state index contributed by atoms with van der Waals surface area (Å²) in [6, 6.07) is 6.22. The second kappa shape index (κ2) is 5.02. The molecular weight excluding hydrogens is 278 g/mol. The number of hydrogen-bond donors (Lipinski definition) is 1. The van der Waals surface area contributed by atoms with Crippen molar-refractivity contribution in [3.63, 3.8) is 0 Å². The molecule has 1 aromatic carbocycles. The van der Waals surface area contributed by atoms with Crippen molar-refractivity contribution in [2.45, 2.75) is 20.4 Å². The topological polar surface area (TPSA) is 29.9 Å². The number of nitrogens with one attached hydrogen (secondary N) is 1. The largest absolute Gasteiger partial charge is 0.316 e. The van der Waals surface area contributed by atoms with Gasteiger partial charge in [-0.2, -0.15) is 5.10 Å². The standard InChI is InChI=1S/C13H16BrN3/c1-9-6-12(14)4-5-13(9)17-8-11(7-15-3)10(2)16-17/h4-6,8,15H,7H2,1-3H3. The summed E-state index contributed by atoms with van der Waals surface area (Å²) in [4.78, 5) is 0. The van der Waals surface area contributed by atoms with Crippen LogP contribution in [0.1, 0.15) is 16.8 Å². The minimum absolute atomic E-state index is 0.849. The summed E-state index contributed by atoms with van der Waals surface area (Å²) in [6.45, 7) is 4.98. The first-order valence-electron chi connectivity index (χ1n) is 5.58. The minimum atomic E-state index is 0.849. The molecule has 1 N–H and O–H groups in total. The average molecular weight is 294 g/mol. The Morgan fingerprint density at radius 2 is 2.12 bits per heavy atom. The highest BCUT2D eigenvalue weighted by Gasteiger charge is 2.07. The van der Waals surface area contributed by atoms with Crippen molar-refractivity contribution in [1.82, 2.24) is 15.1 Å². The van der Waals surface area contributed by atoms with E-state index in [-0.39, 0.29) is 0 Å². The molecule has 0 saturated heterocycles. The van der Waals surface area contributed by atoms with Gasteiger partial charge in [-0.05, 0) is 44.7 Å². The molecule has 2 rings (SSSR count). The summed E-state index contributed by atoms with van der Waals surface area (Å²) in [5.41, 5.74) is 4.63. The minimum Gasteiger partial charge on any atom is -0.316 e. The van der Waals surface area contributed by atoms with Gasteiger partial charge in [0.15, 0.2) is 0 Å². The van der Waals surface area contributed by atoms with Gasteiger partial charge in [0.2, 0.25) is 0 Å². The Bertz CT molecular complexity index is 531. The van der Waals surface area contributed by atoms with Crippen LogP contribution in [0.5, 0.6) is 0 Å². The number of hydrogen-bond acceptors (Lipinski definition) is 2. The Morgan fingerprint density at radius 3 is 2.76 bits per heavy atom. The van der Waals surface area contributed by atoms with Gasteiger partial charge in [0, 0.05) is 22.8 Å². The normalized spacial score (nSPS) is 10.8. The molecule has 0 amide bonds. The second-order valence-corrected chi connectivity index (χ2v) is 5.06. The van der Waals surface area contributed by atoms with E-state index in [2.05, 4.69) is 51.6 Å². The monoisotopic (exact) mass is 293 g/mol. The smallest absolute Gasteiger partial charge is 0.0675 e. The lowest BCUT2D eigenvalue weighted by Gasteiger charge is -2.05. The lowest BCUT2D eigenvalue weighted by atomic mass is 10.2. The molecule has 0 aliphatic heterocycles. The molecule has 4 heteroatoms. The van der Waals surface area contributed by atoms with Crippen molar-refractivity contribution in [3.05, 3.63) is 45.7 Å². The molecule has 1 heterocycles. The zero-order valence-electron chi connectivity index (χ0n) is 10.3. The Morgan fingerprint density at radius 1 is 1.35 bits per heavy atom. The van der Waals surface area contributed by atoms with Crippen molar-refractivity contribution < 1.29 is 0 Å². The first-order chi connectivity index (χ1) is 8.11. The third-order valence-electron chi connectivity index (χ3n) is 2.77. The highest BCUT2D eigenvalue weighted by molar-refractivity contribution is 9.10. The maximum absolute atomic E-state index is 4.55. The van der Waals surface area contributed by atoms with Crippen molar-refractivity contribution in [3.8, 4) is 5.69 Å². The number of rotatable bonds is 3. The van der Waals surface area contributed by atoms with Crippen LogP contribution in [0.3, 0.4) is 0 Å². The van der Waals surface area contributed by atoms with Gasteiger partial charge in [-0.1, -0.05) is 15.9 Å². The SMILES string of the molecule is CNCc1cn(-c2ccc(Br)cc2C)nc1C. The van der Waals surface area contributed by atoms with Gasteiger partial charge in [0.05, 0.1) is 11.4 Å². The molecule has 0 spiro atoms. The highest BCUT2D eigenvalue weighted by Crippen LogP contribution is 2.20. The number of halogens is 1. The molecule has 0 bridgehead atoms. The zero-order chi connectivity index (χ0) is 12.4. The van der Waals surface area contributed by atoms with E-state index in [1.54, 1.807) is 0 Å². The van der Waals surface area contributed by atoms with Crippen LogP contribution in [0.15, 0.2) is 28.9 Å². The third-order valence-corrected chi connectivity index (χ3v) is 3.27. The van der Waals surface area contributed by atoms with Crippen LogP contribution in [-0.2, 0) is 6.54 Å². The summed E-state index contributed by atoms with van der Waals surface area (Å²) in [5, 5.41) is 7.70. The van der Waals surface area contributed by atoms with Gasteiger partial charge in [-0.3, -0.25) is 0 Å². The summed E-state index contributed by atoms with van der Waals surface area (Å²) >= 11 is 3.47. The van der Waals surface area contributed by atoms with Gasteiger partial charge in [0.1, 0.15) is 0 Å². The summed E-state index contributed by atoms with van der Waals surface area (Å²) < 4.78 is 3.04. The van der Waals surface area contributed by atoms with Gasteiger partial charge in [0.25, 0.3) is 0 Å². The van der Waals surface area contributed by atoms with Crippen molar-refractivity contribution in [1.29, 1.82) is 0 Å². The first kappa shape index (κ1) is 12.3. The van der Waals surface area contributed by atoms with Crippen LogP contribution in [0.4, 0.5) is 0 Å². The molecule has 2 aromatic rings. The van der Waals surface area contributed by atoms with E-state index < -0.39 is 0 Å². The average Bonchev–Trinajstić information content (AvgIpc) is 2.60. The van der Waals surface area contributed by atoms with Crippen molar-refractivity contribution >= 4 is 15.9 Å². The molecule has 0 radical (unpaired) electrons. The zero-order valence-corrected chi connectivity index (χ0v) is 11.9. The lowest BCUT2D eigenvalue weighted by Crippen LogP contribution is -2.05. The maximum Gasteiger partial charge on any atom is 0.0675 e. The molecule has 90 valence electrons. The Balaban J connectivity index is 2.42. The number of aryl methyl sites for hydroxylation is 2. The van der Waals surface area contributed by atoms with E-state index in [9.17, 15) is 0 Å². The van der Waals surface area contributed by atoms with E-state index in [1.807, 2.05) is 24.7 Å². The highest BCUT2D eigenvalue weighted by atomic mass is 79.9. The van der Waals surface area contributed by atoms with E-state index >= 15 is 0 Å². The fourth-order valence-electron chi connectivity index (χ4n) is 1.86. The fraction of sp³-hybridized carbons (Fsp3) is 0.308. The van der Waals surface area contributed by atoms with Crippen molar-refractivity contribution in [2.75, 3.05) is 7.05 Å². The molecule has 0 fully saturated rings. The summed E-state index contributed by atoms with van der Waals surface area (Å²) in [6.07, 6.45) is 2.09. The van der Waals surface area contributed by atoms with E-state index in [4.69, 9.17) is 0 Å². The van der Waals surface area contributed by atoms with Crippen molar-refractivity contribution in [2.24, 2.45) is 0 Å². The van der Waals surface area contributed by atoms with Crippen LogP contribution < -0.4 is 5.32 Å². The van der Waals surface area contributed by atoms with Gasteiger partial charge in [-0.25, -0.2) is 4.68 Å². The van der Waals surface area contributed by atoms with Gasteiger partial charge < -0.3 is 5.32 Å². The first-order valence-corrected chi connectivity index (χ1v) is 6.37. The third kappa shape index (κ3) is 2.58. The van der Waals surface area contributed by atoms with Crippen LogP contribution in [-0.4, -0.2) is 16.8 Å². The molecule has 1 aromatic heterocycles. The molecule has 0 saturated carbocycles. The van der Waals surface area contributed by atoms with Crippen LogP contribution in [0.25, 0.3) is 5.69 Å². The summed E-state index contributed by atoms with van der Waals surface area (Å²) in [7, 11) is 1.95. The molecule has 17 heavy (non-hydrogen) atoms. The fourth-order valence-corrected chi connectivity index (χ4v) is 2.33. The number of nitrogens with zero attached hydrogens (tertiary/aromatic N) is 2. The molecule has 0 aliphatic rings. The molecule has 0 aliphatic carbocycles. The van der Waals surface area contributed by atoms with Gasteiger partial charge in [-0.15, -0.1) is 0 Å². The molecule has 0 unspecified atom stereocenters. The Hall–Kier alpha value is -1.13. The maximum atomic E-state index is 4.55. The summed E-state index contributed by atoms with van der Waals surface area (Å²) in [5.74, 6) is 0. The molecule has 0 atom stereocenters.